The summed E-state index contributed by atoms with van der Waals surface area (Å²) in [6, 6.07) is 9.40. The molecule has 2 atom stereocenters. The summed E-state index contributed by atoms with van der Waals surface area (Å²) in [7, 11) is 3.65. The second-order valence-electron chi connectivity index (χ2n) is 6.80. The van der Waals surface area contributed by atoms with Crippen molar-refractivity contribution >= 4 is 11.6 Å². The molecular formula is C20H23N2O4+. The molecule has 2 aromatic carbocycles. The van der Waals surface area contributed by atoms with Crippen LogP contribution in [-0.2, 0) is 11.2 Å². The molecule has 0 saturated heterocycles. The van der Waals surface area contributed by atoms with Gasteiger partial charge < -0.3 is 24.4 Å². The number of likely N-dealkylation sites (N-methyl/N-ethyl adjacent to an activating group) is 1. The fourth-order valence-electron chi connectivity index (χ4n) is 3.80. The van der Waals surface area contributed by atoms with Crippen molar-refractivity contribution in [2.45, 2.75) is 19.4 Å². The number of nitrogens with one attached hydrogen (secondary N) is 2. The molecular weight excluding hydrogens is 332 g/mol. The Hall–Kier alpha value is -2.73. The van der Waals surface area contributed by atoms with Crippen molar-refractivity contribution in [3.8, 4) is 17.2 Å². The van der Waals surface area contributed by atoms with Crippen LogP contribution in [0.25, 0.3) is 0 Å². The van der Waals surface area contributed by atoms with E-state index in [2.05, 4.69) is 5.32 Å². The molecule has 6 heteroatoms. The van der Waals surface area contributed by atoms with Crippen molar-refractivity contribution in [3.63, 3.8) is 0 Å². The Balaban J connectivity index is 1.76. The van der Waals surface area contributed by atoms with Crippen LogP contribution in [0.1, 0.15) is 22.7 Å². The molecule has 26 heavy (non-hydrogen) atoms. The molecule has 2 N–H and O–H groups in total. The Morgan fingerprint density at radius 1 is 1.31 bits per heavy atom. The maximum atomic E-state index is 13.2. The first-order valence-corrected chi connectivity index (χ1v) is 8.78. The predicted octanol–water partition coefficient (Wildman–Crippen LogP) is 1.48. The fourth-order valence-corrected chi connectivity index (χ4v) is 3.80. The van der Waals surface area contributed by atoms with Crippen LogP contribution in [0.15, 0.2) is 30.3 Å². The van der Waals surface area contributed by atoms with Gasteiger partial charge in [0.1, 0.15) is 0 Å². The molecule has 0 bridgehead atoms. The van der Waals surface area contributed by atoms with Gasteiger partial charge in [0.2, 0.25) is 12.5 Å². The van der Waals surface area contributed by atoms with E-state index in [4.69, 9.17) is 14.2 Å². The number of ether oxygens (including phenoxy) is 3. The molecule has 1 unspecified atom stereocenters. The quantitative estimate of drug-likeness (QED) is 0.876. The molecule has 4 rings (SSSR count). The third-order valence-electron chi connectivity index (χ3n) is 5.18. The highest BCUT2D eigenvalue weighted by Crippen LogP contribution is 2.47. The van der Waals surface area contributed by atoms with Crippen molar-refractivity contribution in [2.24, 2.45) is 0 Å². The van der Waals surface area contributed by atoms with Gasteiger partial charge in [-0.05, 0) is 30.2 Å². The van der Waals surface area contributed by atoms with Gasteiger partial charge in [0.25, 0.3) is 5.91 Å². The number of aryl methyl sites for hydroxylation is 1. The largest absolute Gasteiger partial charge is 0.492 e. The number of amides is 1. The number of quaternary nitrogens is 1. The van der Waals surface area contributed by atoms with Crippen molar-refractivity contribution in [1.29, 1.82) is 0 Å². The maximum Gasteiger partial charge on any atom is 0.287 e. The number of rotatable bonds is 3. The Kier molecular flexibility index (Phi) is 4.20. The number of fused-ring (bicyclic) bond motifs is 2. The van der Waals surface area contributed by atoms with Gasteiger partial charge in [-0.2, -0.15) is 0 Å². The topological polar surface area (TPSA) is 61.2 Å². The van der Waals surface area contributed by atoms with Crippen molar-refractivity contribution in [2.75, 3.05) is 32.8 Å². The molecule has 2 heterocycles. The van der Waals surface area contributed by atoms with E-state index in [0.29, 0.717) is 17.2 Å². The van der Waals surface area contributed by atoms with Gasteiger partial charge >= 0.3 is 0 Å². The van der Waals surface area contributed by atoms with Gasteiger partial charge in [0.15, 0.2) is 17.5 Å². The summed E-state index contributed by atoms with van der Waals surface area (Å²) in [5.74, 6) is 1.85. The Morgan fingerprint density at radius 3 is 2.88 bits per heavy atom. The third-order valence-corrected chi connectivity index (χ3v) is 5.18. The third kappa shape index (κ3) is 2.66. The summed E-state index contributed by atoms with van der Waals surface area (Å²) in [6.07, 6.45) is 0.863. The normalized spacial score (nSPS) is 20.4. The standard InChI is InChI=1S/C20H22N2O4/c1-12-6-4-5-7-14(12)21-20(23)17-16-13(8-9-22(17)2)10-15-18(19(16)24-3)26-11-25-15/h4-7,10,17H,8-9,11H2,1-3H3,(H,21,23)/p+1/t17-/m1/s1. The van der Waals surface area contributed by atoms with E-state index in [1.807, 2.05) is 44.3 Å². The van der Waals surface area contributed by atoms with Crippen molar-refractivity contribution in [3.05, 3.63) is 47.0 Å². The first-order valence-electron chi connectivity index (χ1n) is 8.78. The number of anilines is 1. The number of carbonyl (C=O) groups excluding carboxylic acids is 1. The van der Waals surface area contributed by atoms with Gasteiger partial charge in [-0.1, -0.05) is 18.2 Å². The van der Waals surface area contributed by atoms with Crippen LogP contribution >= 0.6 is 0 Å². The Morgan fingerprint density at radius 2 is 2.12 bits per heavy atom. The zero-order valence-corrected chi connectivity index (χ0v) is 15.2. The minimum Gasteiger partial charge on any atom is -0.492 e. The van der Waals surface area contributed by atoms with Crippen LogP contribution in [0.2, 0.25) is 0 Å². The second-order valence-corrected chi connectivity index (χ2v) is 6.80. The highest BCUT2D eigenvalue weighted by atomic mass is 16.7. The van der Waals surface area contributed by atoms with Gasteiger partial charge in [0, 0.05) is 12.1 Å². The van der Waals surface area contributed by atoms with Crippen LogP contribution in [0.5, 0.6) is 17.2 Å². The first-order chi connectivity index (χ1) is 12.6. The lowest BCUT2D eigenvalue weighted by atomic mass is 9.90. The van der Waals surface area contributed by atoms with E-state index in [-0.39, 0.29) is 18.7 Å². The summed E-state index contributed by atoms with van der Waals surface area (Å²) in [4.78, 5) is 14.3. The molecule has 136 valence electrons. The summed E-state index contributed by atoms with van der Waals surface area (Å²) in [5, 5.41) is 3.08. The molecule has 2 aliphatic heterocycles. The van der Waals surface area contributed by atoms with Gasteiger partial charge in [0.05, 0.1) is 26.3 Å². The van der Waals surface area contributed by atoms with E-state index in [9.17, 15) is 4.79 Å². The highest BCUT2D eigenvalue weighted by molar-refractivity contribution is 5.96. The number of hydrogen-bond donors (Lipinski definition) is 2. The molecule has 1 amide bonds. The van der Waals surface area contributed by atoms with E-state index < -0.39 is 0 Å². The SMILES string of the molecule is COc1c2c(cc3c1[C@H](C(=O)Nc1ccccc1C)[NH+](C)CC3)OCO2. The number of para-hydroxylation sites is 1. The average Bonchev–Trinajstić information content (AvgIpc) is 3.10. The first kappa shape index (κ1) is 16.7. The molecule has 0 aromatic heterocycles. The summed E-state index contributed by atoms with van der Waals surface area (Å²) < 4.78 is 16.8. The molecule has 0 fully saturated rings. The van der Waals surface area contributed by atoms with Gasteiger partial charge in [-0.15, -0.1) is 0 Å². The van der Waals surface area contributed by atoms with E-state index in [0.717, 1.165) is 40.2 Å². The van der Waals surface area contributed by atoms with Crippen LogP contribution in [-0.4, -0.2) is 33.4 Å². The number of carbonyl (C=O) groups is 1. The van der Waals surface area contributed by atoms with Crippen LogP contribution in [0.3, 0.4) is 0 Å². The lowest BCUT2D eigenvalue weighted by Gasteiger charge is -2.32. The number of methoxy groups -OCH3 is 1. The van der Waals surface area contributed by atoms with E-state index in [1.165, 1.54) is 0 Å². The van der Waals surface area contributed by atoms with E-state index >= 15 is 0 Å². The van der Waals surface area contributed by atoms with Gasteiger partial charge in [-0.25, -0.2) is 0 Å². The smallest absolute Gasteiger partial charge is 0.287 e. The lowest BCUT2D eigenvalue weighted by Crippen LogP contribution is -3.11. The lowest BCUT2D eigenvalue weighted by molar-refractivity contribution is -0.904. The monoisotopic (exact) mass is 355 g/mol. The minimum absolute atomic E-state index is 0.0464. The summed E-state index contributed by atoms with van der Waals surface area (Å²) in [5.41, 5.74) is 3.84. The maximum absolute atomic E-state index is 13.2. The molecule has 0 radical (unpaired) electrons. The average molecular weight is 355 g/mol. The van der Waals surface area contributed by atoms with Crippen LogP contribution in [0.4, 0.5) is 5.69 Å². The van der Waals surface area contributed by atoms with E-state index in [1.54, 1.807) is 7.11 Å². The van der Waals surface area contributed by atoms with Crippen molar-refractivity contribution in [1.82, 2.24) is 0 Å². The summed E-state index contributed by atoms with van der Waals surface area (Å²) >= 11 is 0. The second kappa shape index (κ2) is 6.53. The molecule has 6 nitrogen and oxygen atoms in total. The van der Waals surface area contributed by atoms with Crippen LogP contribution < -0.4 is 24.4 Å². The molecule has 2 aromatic rings. The zero-order chi connectivity index (χ0) is 18.3. The summed E-state index contributed by atoms with van der Waals surface area (Å²) in [6.45, 7) is 3.03. The van der Waals surface area contributed by atoms with Gasteiger partial charge in [-0.3, -0.25) is 4.79 Å². The van der Waals surface area contributed by atoms with Crippen LogP contribution in [0, 0.1) is 6.92 Å². The highest BCUT2D eigenvalue weighted by Gasteiger charge is 2.40. The minimum atomic E-state index is -0.372. The number of hydrogen-bond acceptors (Lipinski definition) is 4. The Labute approximate surface area is 152 Å². The molecule has 2 aliphatic rings. The fraction of sp³-hybridized carbons (Fsp3) is 0.350. The van der Waals surface area contributed by atoms with Crippen molar-refractivity contribution < 1.29 is 23.9 Å². The zero-order valence-electron chi connectivity index (χ0n) is 15.2. The predicted molar refractivity (Wildman–Crippen MR) is 97.1 cm³/mol. The molecule has 0 spiro atoms. The Bertz CT molecular complexity index is 865. The number of benzene rings is 2. The molecule has 0 aliphatic carbocycles. The molecule has 0 saturated carbocycles.